The molecule has 3 N–H and O–H groups in total. The van der Waals surface area contributed by atoms with Crippen molar-refractivity contribution in [2.45, 2.75) is 32.7 Å². The Hall–Kier alpha value is -1.09. The molecule has 3 heteroatoms. The molecular weight excluding hydrogens is 174 g/mol. The second-order valence-electron chi connectivity index (χ2n) is 4.38. The monoisotopic (exact) mass is 193 g/mol. The lowest BCUT2D eigenvalue weighted by Crippen LogP contribution is -2.34. The minimum atomic E-state index is -0.114. The van der Waals surface area contributed by atoms with E-state index in [0.717, 1.165) is 18.8 Å². The quantitative estimate of drug-likeness (QED) is 0.768. The normalized spacial score (nSPS) is 11.4. The predicted octanol–water partition coefficient (Wildman–Crippen LogP) is 1.93. The van der Waals surface area contributed by atoms with Gasteiger partial charge in [-0.1, -0.05) is 0 Å². The summed E-state index contributed by atoms with van der Waals surface area (Å²) in [4.78, 5) is 4.21. The Kier molecular flexibility index (Phi) is 3.47. The minimum Gasteiger partial charge on any atom is -0.370 e. The SMILES string of the molecule is Cc1ccnc(NCCC(C)(C)N)c1. The van der Waals surface area contributed by atoms with Crippen LogP contribution in [-0.4, -0.2) is 17.1 Å². The van der Waals surface area contributed by atoms with Crippen LogP contribution in [0.1, 0.15) is 25.8 Å². The van der Waals surface area contributed by atoms with Crippen molar-refractivity contribution in [1.82, 2.24) is 4.98 Å². The number of aromatic nitrogens is 1. The van der Waals surface area contributed by atoms with Gasteiger partial charge in [-0.25, -0.2) is 4.98 Å². The van der Waals surface area contributed by atoms with Crippen molar-refractivity contribution in [3.05, 3.63) is 23.9 Å². The molecule has 3 nitrogen and oxygen atoms in total. The molecule has 0 bridgehead atoms. The van der Waals surface area contributed by atoms with Crippen molar-refractivity contribution in [2.24, 2.45) is 5.73 Å². The molecule has 1 aromatic rings. The highest BCUT2D eigenvalue weighted by molar-refractivity contribution is 5.36. The number of pyridine rings is 1. The number of nitrogens with two attached hydrogens (primary N) is 1. The van der Waals surface area contributed by atoms with Gasteiger partial charge in [-0.2, -0.15) is 0 Å². The fourth-order valence-corrected chi connectivity index (χ4v) is 1.15. The molecule has 0 unspecified atom stereocenters. The summed E-state index contributed by atoms with van der Waals surface area (Å²) in [5, 5.41) is 3.25. The highest BCUT2D eigenvalue weighted by Crippen LogP contribution is 2.07. The summed E-state index contributed by atoms with van der Waals surface area (Å²) < 4.78 is 0. The van der Waals surface area contributed by atoms with E-state index in [1.54, 1.807) is 0 Å². The summed E-state index contributed by atoms with van der Waals surface area (Å²) in [6.07, 6.45) is 2.74. The van der Waals surface area contributed by atoms with Crippen molar-refractivity contribution in [2.75, 3.05) is 11.9 Å². The van der Waals surface area contributed by atoms with Gasteiger partial charge in [-0.05, 0) is 44.9 Å². The van der Waals surface area contributed by atoms with Crippen molar-refractivity contribution in [3.8, 4) is 0 Å². The van der Waals surface area contributed by atoms with E-state index in [2.05, 4.69) is 17.2 Å². The third-order valence-electron chi connectivity index (χ3n) is 1.99. The third kappa shape index (κ3) is 4.23. The van der Waals surface area contributed by atoms with E-state index in [1.807, 2.05) is 32.2 Å². The fraction of sp³-hybridized carbons (Fsp3) is 0.545. The molecule has 0 aliphatic heterocycles. The first-order chi connectivity index (χ1) is 6.47. The number of hydrogen-bond acceptors (Lipinski definition) is 3. The van der Waals surface area contributed by atoms with E-state index in [-0.39, 0.29) is 5.54 Å². The van der Waals surface area contributed by atoms with E-state index in [4.69, 9.17) is 5.73 Å². The number of anilines is 1. The first-order valence-electron chi connectivity index (χ1n) is 4.93. The van der Waals surface area contributed by atoms with Crippen molar-refractivity contribution in [1.29, 1.82) is 0 Å². The smallest absolute Gasteiger partial charge is 0.126 e. The van der Waals surface area contributed by atoms with Crippen molar-refractivity contribution >= 4 is 5.82 Å². The van der Waals surface area contributed by atoms with Crippen LogP contribution in [0.3, 0.4) is 0 Å². The average Bonchev–Trinajstić information content (AvgIpc) is 2.01. The van der Waals surface area contributed by atoms with Gasteiger partial charge in [0.15, 0.2) is 0 Å². The lowest BCUT2D eigenvalue weighted by molar-refractivity contribution is 0.490. The van der Waals surface area contributed by atoms with Crippen molar-refractivity contribution in [3.63, 3.8) is 0 Å². The minimum absolute atomic E-state index is 0.114. The van der Waals surface area contributed by atoms with Crippen LogP contribution < -0.4 is 11.1 Å². The van der Waals surface area contributed by atoms with Gasteiger partial charge in [-0.15, -0.1) is 0 Å². The van der Waals surface area contributed by atoms with Crippen LogP contribution in [0.5, 0.6) is 0 Å². The molecule has 78 valence electrons. The maximum absolute atomic E-state index is 5.87. The highest BCUT2D eigenvalue weighted by Gasteiger charge is 2.09. The molecule has 0 aliphatic rings. The summed E-state index contributed by atoms with van der Waals surface area (Å²) in [7, 11) is 0. The maximum Gasteiger partial charge on any atom is 0.126 e. The van der Waals surface area contributed by atoms with Crippen molar-refractivity contribution < 1.29 is 0 Å². The Morgan fingerprint density at radius 1 is 1.50 bits per heavy atom. The second-order valence-corrected chi connectivity index (χ2v) is 4.38. The van der Waals surface area contributed by atoms with Crippen LogP contribution in [0.25, 0.3) is 0 Å². The Morgan fingerprint density at radius 2 is 2.21 bits per heavy atom. The van der Waals surface area contributed by atoms with E-state index in [9.17, 15) is 0 Å². The topological polar surface area (TPSA) is 50.9 Å². The van der Waals surface area contributed by atoms with Gasteiger partial charge < -0.3 is 11.1 Å². The number of hydrogen-bond donors (Lipinski definition) is 2. The summed E-state index contributed by atoms with van der Waals surface area (Å²) in [6.45, 7) is 6.97. The van der Waals surface area contributed by atoms with E-state index >= 15 is 0 Å². The van der Waals surface area contributed by atoms with Crippen LogP contribution in [-0.2, 0) is 0 Å². The number of rotatable bonds is 4. The van der Waals surface area contributed by atoms with Gasteiger partial charge in [0.2, 0.25) is 0 Å². The molecule has 0 aromatic carbocycles. The van der Waals surface area contributed by atoms with Crippen LogP contribution >= 0.6 is 0 Å². The highest BCUT2D eigenvalue weighted by atomic mass is 15.0. The predicted molar refractivity (Wildman–Crippen MR) is 60.3 cm³/mol. The Bertz CT molecular complexity index is 289. The molecule has 0 fully saturated rings. The molecule has 1 aromatic heterocycles. The number of nitrogens with zero attached hydrogens (tertiary/aromatic N) is 1. The summed E-state index contributed by atoms with van der Waals surface area (Å²) >= 11 is 0. The van der Waals surface area contributed by atoms with Gasteiger partial charge in [0, 0.05) is 18.3 Å². The molecule has 0 saturated carbocycles. The summed E-state index contributed by atoms with van der Waals surface area (Å²) in [5.41, 5.74) is 6.97. The maximum atomic E-state index is 5.87. The Morgan fingerprint density at radius 3 is 2.79 bits per heavy atom. The molecule has 0 amide bonds. The summed E-state index contributed by atoms with van der Waals surface area (Å²) in [6, 6.07) is 4.02. The first-order valence-corrected chi connectivity index (χ1v) is 4.93. The summed E-state index contributed by atoms with van der Waals surface area (Å²) in [5.74, 6) is 0.925. The first kappa shape index (κ1) is 11.0. The van der Waals surface area contributed by atoms with Crippen LogP contribution in [0.4, 0.5) is 5.82 Å². The molecule has 1 heterocycles. The second kappa shape index (κ2) is 4.42. The lowest BCUT2D eigenvalue weighted by Gasteiger charge is -2.18. The zero-order chi connectivity index (χ0) is 10.6. The molecule has 0 aliphatic carbocycles. The van der Waals surface area contributed by atoms with Gasteiger partial charge in [0.1, 0.15) is 5.82 Å². The van der Waals surface area contributed by atoms with Crippen LogP contribution in [0.2, 0.25) is 0 Å². The van der Waals surface area contributed by atoms with Gasteiger partial charge in [-0.3, -0.25) is 0 Å². The zero-order valence-corrected chi connectivity index (χ0v) is 9.17. The third-order valence-corrected chi connectivity index (χ3v) is 1.99. The molecule has 14 heavy (non-hydrogen) atoms. The van der Waals surface area contributed by atoms with Gasteiger partial charge in [0.25, 0.3) is 0 Å². The Labute approximate surface area is 85.7 Å². The largest absolute Gasteiger partial charge is 0.370 e. The number of aryl methyl sites for hydroxylation is 1. The average molecular weight is 193 g/mol. The molecular formula is C11H19N3. The standard InChI is InChI=1S/C11H19N3/c1-9-4-6-13-10(8-9)14-7-5-11(2,3)12/h4,6,8H,5,7,12H2,1-3H3,(H,13,14). The van der Waals surface area contributed by atoms with Gasteiger partial charge in [0.05, 0.1) is 0 Å². The van der Waals surface area contributed by atoms with E-state index in [0.29, 0.717) is 0 Å². The van der Waals surface area contributed by atoms with Crippen LogP contribution in [0.15, 0.2) is 18.3 Å². The Balaban J connectivity index is 2.39. The van der Waals surface area contributed by atoms with Crippen LogP contribution in [0, 0.1) is 6.92 Å². The molecule has 0 saturated heterocycles. The number of nitrogens with one attached hydrogen (secondary N) is 1. The zero-order valence-electron chi connectivity index (χ0n) is 9.17. The fourth-order valence-electron chi connectivity index (χ4n) is 1.15. The molecule has 0 atom stereocenters. The molecule has 0 radical (unpaired) electrons. The molecule has 0 spiro atoms. The molecule has 1 rings (SSSR count). The lowest BCUT2D eigenvalue weighted by atomic mass is 10.0. The van der Waals surface area contributed by atoms with E-state index in [1.165, 1.54) is 5.56 Å². The van der Waals surface area contributed by atoms with Gasteiger partial charge >= 0.3 is 0 Å². The van der Waals surface area contributed by atoms with E-state index < -0.39 is 0 Å².